The summed E-state index contributed by atoms with van der Waals surface area (Å²) in [5.74, 6) is 2.39. The van der Waals surface area contributed by atoms with E-state index in [0.717, 1.165) is 43.9 Å². The summed E-state index contributed by atoms with van der Waals surface area (Å²) in [7, 11) is 0.0128. The summed E-state index contributed by atoms with van der Waals surface area (Å²) in [6.45, 7) is 8.46. The predicted octanol–water partition coefficient (Wildman–Crippen LogP) is 3.16. The van der Waals surface area contributed by atoms with Crippen LogP contribution in [0.5, 0.6) is 11.5 Å². The number of fused-ring (bicyclic) bond motifs is 3. The van der Waals surface area contributed by atoms with E-state index >= 15 is 0 Å². The van der Waals surface area contributed by atoms with Crippen LogP contribution < -0.4 is 14.2 Å². The third-order valence-electron chi connectivity index (χ3n) is 7.04. The molecule has 1 aromatic carbocycles. The van der Waals surface area contributed by atoms with Crippen LogP contribution in [-0.4, -0.2) is 65.5 Å². The maximum Gasteiger partial charge on any atom is 0.307 e. The molecule has 192 valence electrons. The van der Waals surface area contributed by atoms with E-state index < -0.39 is 10.0 Å². The van der Waals surface area contributed by atoms with Gasteiger partial charge in [0.2, 0.25) is 10.0 Å². The minimum Gasteiger partial charge on any atom is -0.493 e. The molecule has 2 aliphatic rings. The molecular weight excluding hydrogens is 456 g/mol. The molecule has 0 aromatic heterocycles. The Morgan fingerprint density at radius 1 is 1.18 bits per heavy atom. The van der Waals surface area contributed by atoms with E-state index in [1.54, 1.807) is 21.1 Å². The molecule has 34 heavy (non-hydrogen) atoms. The zero-order chi connectivity index (χ0) is 24.9. The van der Waals surface area contributed by atoms with Gasteiger partial charge in [0.15, 0.2) is 11.5 Å². The van der Waals surface area contributed by atoms with Crippen LogP contribution in [0.25, 0.3) is 0 Å². The van der Waals surface area contributed by atoms with E-state index in [2.05, 4.69) is 35.6 Å². The number of nitrogens with one attached hydrogen (secondary N) is 1. The summed E-state index contributed by atoms with van der Waals surface area (Å²) in [6.07, 6.45) is 3.01. The smallest absolute Gasteiger partial charge is 0.307 e. The first-order valence-corrected chi connectivity index (χ1v) is 13.9. The Balaban J connectivity index is 1.70. The predicted molar refractivity (Wildman–Crippen MR) is 132 cm³/mol. The monoisotopic (exact) mass is 496 g/mol. The Labute approximate surface area is 204 Å². The SMILES string of the molecule is CCS(=O)(=O)NCCC(=O)OCC1CC2c3cc(OC)c(OC)cc3CCN2CC1CC(C)C. The van der Waals surface area contributed by atoms with Crippen molar-refractivity contribution in [3.8, 4) is 11.5 Å². The largest absolute Gasteiger partial charge is 0.493 e. The van der Waals surface area contributed by atoms with Crippen molar-refractivity contribution < 1.29 is 27.4 Å². The number of ether oxygens (including phenoxy) is 3. The lowest BCUT2D eigenvalue weighted by atomic mass is 9.74. The zero-order valence-corrected chi connectivity index (χ0v) is 21.9. The van der Waals surface area contributed by atoms with Gasteiger partial charge in [-0.05, 0) is 67.2 Å². The van der Waals surface area contributed by atoms with E-state index in [0.29, 0.717) is 18.4 Å². The number of benzene rings is 1. The van der Waals surface area contributed by atoms with Crippen molar-refractivity contribution in [3.05, 3.63) is 23.3 Å². The Bertz CT molecular complexity index is 949. The van der Waals surface area contributed by atoms with Crippen LogP contribution in [0, 0.1) is 17.8 Å². The molecule has 0 radical (unpaired) electrons. The van der Waals surface area contributed by atoms with Crippen molar-refractivity contribution in [2.75, 3.05) is 46.2 Å². The number of methoxy groups -OCH3 is 2. The van der Waals surface area contributed by atoms with Crippen molar-refractivity contribution in [2.24, 2.45) is 17.8 Å². The van der Waals surface area contributed by atoms with Gasteiger partial charge in [0.05, 0.1) is 33.0 Å². The Morgan fingerprint density at radius 3 is 2.53 bits per heavy atom. The van der Waals surface area contributed by atoms with Crippen molar-refractivity contribution in [3.63, 3.8) is 0 Å². The van der Waals surface area contributed by atoms with Crippen LogP contribution in [0.4, 0.5) is 0 Å². The normalized spacial score (nSPS) is 22.7. The summed E-state index contributed by atoms with van der Waals surface area (Å²) >= 11 is 0. The van der Waals surface area contributed by atoms with E-state index in [4.69, 9.17) is 14.2 Å². The molecule has 1 aromatic rings. The lowest BCUT2D eigenvalue weighted by molar-refractivity contribution is -0.146. The molecule has 2 aliphatic heterocycles. The van der Waals surface area contributed by atoms with Gasteiger partial charge in [0.1, 0.15) is 0 Å². The minimum atomic E-state index is -3.31. The van der Waals surface area contributed by atoms with E-state index in [1.807, 2.05) is 0 Å². The van der Waals surface area contributed by atoms with Crippen molar-refractivity contribution in [1.29, 1.82) is 0 Å². The summed E-state index contributed by atoms with van der Waals surface area (Å²) < 4.78 is 42.3. The molecule has 1 saturated heterocycles. The van der Waals surface area contributed by atoms with Gasteiger partial charge < -0.3 is 14.2 Å². The summed E-state index contributed by atoms with van der Waals surface area (Å²) in [5, 5.41) is 0. The maximum absolute atomic E-state index is 12.3. The molecule has 0 bridgehead atoms. The van der Waals surface area contributed by atoms with E-state index in [1.165, 1.54) is 11.1 Å². The number of carbonyl (C=O) groups excluding carboxylic acids is 1. The van der Waals surface area contributed by atoms with Gasteiger partial charge in [-0.3, -0.25) is 9.69 Å². The third-order valence-corrected chi connectivity index (χ3v) is 8.44. The molecule has 1 fully saturated rings. The summed E-state index contributed by atoms with van der Waals surface area (Å²) in [5.41, 5.74) is 2.57. The highest BCUT2D eigenvalue weighted by Crippen LogP contribution is 2.45. The van der Waals surface area contributed by atoms with Crippen molar-refractivity contribution in [2.45, 2.75) is 52.5 Å². The molecule has 0 saturated carbocycles. The standard InChI is InChI=1S/C25H40N2O6S/c1-6-34(29,30)26-9-7-25(28)33-16-20-12-22-21-14-24(32-5)23(31-4)13-18(21)8-10-27(22)15-19(20)11-17(2)3/h13-14,17,19-20,22,26H,6-12,15-16H2,1-5H3. The zero-order valence-electron chi connectivity index (χ0n) is 21.1. The average Bonchev–Trinajstić information content (AvgIpc) is 2.81. The van der Waals surface area contributed by atoms with Gasteiger partial charge in [-0.25, -0.2) is 13.1 Å². The Hall–Kier alpha value is -1.84. The van der Waals surface area contributed by atoms with Crippen molar-refractivity contribution in [1.82, 2.24) is 9.62 Å². The molecule has 0 aliphatic carbocycles. The molecule has 8 nitrogen and oxygen atoms in total. The molecule has 2 heterocycles. The second-order valence-electron chi connectivity index (χ2n) is 9.78. The molecule has 9 heteroatoms. The first kappa shape index (κ1) is 26.8. The number of nitrogens with zero attached hydrogens (tertiary/aromatic N) is 1. The Morgan fingerprint density at radius 2 is 1.88 bits per heavy atom. The number of sulfonamides is 1. The number of piperidine rings is 1. The third kappa shape index (κ3) is 6.64. The highest BCUT2D eigenvalue weighted by atomic mass is 32.2. The second-order valence-corrected chi connectivity index (χ2v) is 11.9. The number of carbonyl (C=O) groups is 1. The lowest BCUT2D eigenvalue weighted by Gasteiger charge is -2.47. The van der Waals surface area contributed by atoms with E-state index in [9.17, 15) is 13.2 Å². The van der Waals surface area contributed by atoms with Crippen molar-refractivity contribution >= 4 is 16.0 Å². The van der Waals surface area contributed by atoms with Crippen LogP contribution >= 0.6 is 0 Å². The van der Waals surface area contributed by atoms with Gasteiger partial charge in [0, 0.05) is 25.7 Å². The second kappa shape index (κ2) is 11.7. The summed E-state index contributed by atoms with van der Waals surface area (Å²) in [6, 6.07) is 4.46. The Kier molecular flexibility index (Phi) is 9.23. The van der Waals surface area contributed by atoms with E-state index in [-0.39, 0.29) is 36.6 Å². The number of hydrogen-bond acceptors (Lipinski definition) is 7. The number of esters is 1. The molecule has 0 amide bonds. The lowest BCUT2D eigenvalue weighted by Crippen LogP contribution is -2.47. The van der Waals surface area contributed by atoms with Gasteiger partial charge in [-0.1, -0.05) is 13.8 Å². The topological polar surface area (TPSA) is 94.2 Å². The molecule has 3 atom stereocenters. The fraction of sp³-hybridized carbons (Fsp3) is 0.720. The van der Waals surface area contributed by atoms with Crippen LogP contribution in [0.3, 0.4) is 0 Å². The van der Waals surface area contributed by atoms with Gasteiger partial charge >= 0.3 is 5.97 Å². The fourth-order valence-electron chi connectivity index (χ4n) is 5.26. The van der Waals surface area contributed by atoms with Crippen LogP contribution in [0.2, 0.25) is 0 Å². The number of rotatable bonds is 11. The molecule has 3 rings (SSSR count). The molecular formula is C25H40N2O6S. The molecule has 1 N–H and O–H groups in total. The van der Waals surface area contributed by atoms with Gasteiger partial charge in [0.25, 0.3) is 0 Å². The van der Waals surface area contributed by atoms with Crippen LogP contribution in [0.1, 0.15) is 57.2 Å². The van der Waals surface area contributed by atoms with Gasteiger partial charge in [-0.15, -0.1) is 0 Å². The maximum atomic E-state index is 12.3. The quantitative estimate of drug-likeness (QED) is 0.470. The average molecular weight is 497 g/mol. The highest BCUT2D eigenvalue weighted by molar-refractivity contribution is 7.89. The minimum absolute atomic E-state index is 0.00295. The number of hydrogen-bond donors (Lipinski definition) is 1. The molecule has 3 unspecified atom stereocenters. The first-order valence-electron chi connectivity index (χ1n) is 12.3. The first-order chi connectivity index (χ1) is 16.2. The van der Waals surface area contributed by atoms with Crippen LogP contribution in [0.15, 0.2) is 12.1 Å². The highest BCUT2D eigenvalue weighted by Gasteiger charge is 2.40. The van der Waals surface area contributed by atoms with Crippen LogP contribution in [-0.2, 0) is 26.0 Å². The summed E-state index contributed by atoms with van der Waals surface area (Å²) in [4.78, 5) is 14.9. The molecule has 0 spiro atoms. The van der Waals surface area contributed by atoms with Gasteiger partial charge in [-0.2, -0.15) is 0 Å². The fourth-order valence-corrected chi connectivity index (χ4v) is 5.88.